The van der Waals surface area contributed by atoms with Crippen LogP contribution in [0.1, 0.15) is 27.8 Å². The van der Waals surface area contributed by atoms with Crippen LogP contribution in [-0.4, -0.2) is 14.2 Å². The number of fused-ring (bicyclic) bond motifs is 1. The monoisotopic (exact) mass is 482 g/mol. The second-order valence-electron chi connectivity index (χ2n) is 8.66. The first-order valence-electron chi connectivity index (χ1n) is 11.4. The molecule has 4 aromatic rings. The maximum atomic E-state index is 14.8. The number of rotatable bonds is 5. The van der Waals surface area contributed by atoms with Gasteiger partial charge < -0.3 is 14.0 Å². The fraction of sp³-hybridized carbons (Fsp3) is 0.133. The molecular weight excluding hydrogens is 455 g/mol. The van der Waals surface area contributed by atoms with E-state index >= 15 is 0 Å². The van der Waals surface area contributed by atoms with Gasteiger partial charge in [0.1, 0.15) is 17.3 Å². The van der Waals surface area contributed by atoms with Gasteiger partial charge in [-0.1, -0.05) is 59.7 Å². The van der Waals surface area contributed by atoms with Crippen LogP contribution in [0.15, 0.2) is 91.0 Å². The van der Waals surface area contributed by atoms with Gasteiger partial charge in [0.05, 0.1) is 24.8 Å². The van der Waals surface area contributed by atoms with Crippen molar-refractivity contribution < 1.29 is 18.6 Å². The van der Waals surface area contributed by atoms with Crippen LogP contribution >= 0.6 is 7.37 Å². The zero-order valence-corrected chi connectivity index (χ0v) is 21.1. The van der Waals surface area contributed by atoms with E-state index in [1.165, 1.54) is 0 Å². The molecule has 1 heterocycles. The molecule has 0 saturated heterocycles. The van der Waals surface area contributed by atoms with Crippen LogP contribution in [0.3, 0.4) is 0 Å². The van der Waals surface area contributed by atoms with Crippen molar-refractivity contribution in [3.8, 4) is 11.5 Å². The maximum Gasteiger partial charge on any atom is 0.307 e. The van der Waals surface area contributed by atoms with E-state index < -0.39 is 7.37 Å². The number of methoxy groups -OCH3 is 2. The first kappa shape index (κ1) is 23.0. The standard InChI is InChI=1S/C30H27O4P/c1-20-5-9-22(10-6-20)29-27-19-25(33-4)15-18-28(27)35(31,26-16-13-24(32-3)14-17-26)34-30(29)23-11-7-21(2)8-12-23/h5-19H,1-4H3. The number of ether oxygens (including phenoxy) is 2. The molecule has 176 valence electrons. The van der Waals surface area contributed by atoms with Gasteiger partial charge in [0.2, 0.25) is 0 Å². The molecule has 0 bridgehead atoms. The Hall–Kier alpha value is -3.75. The van der Waals surface area contributed by atoms with Gasteiger partial charge in [0, 0.05) is 16.7 Å². The zero-order valence-electron chi connectivity index (χ0n) is 20.2. The third-order valence-electron chi connectivity index (χ3n) is 6.30. The molecule has 1 aliphatic rings. The summed E-state index contributed by atoms with van der Waals surface area (Å²) < 4.78 is 32.3. The van der Waals surface area contributed by atoms with Crippen molar-refractivity contribution in [2.45, 2.75) is 13.8 Å². The van der Waals surface area contributed by atoms with E-state index in [-0.39, 0.29) is 0 Å². The first-order valence-corrected chi connectivity index (χ1v) is 13.1. The predicted molar refractivity (Wildman–Crippen MR) is 142 cm³/mol. The molecule has 1 aliphatic heterocycles. The molecule has 1 unspecified atom stereocenters. The molecule has 4 nitrogen and oxygen atoms in total. The van der Waals surface area contributed by atoms with Gasteiger partial charge in [-0.05, 0) is 61.9 Å². The minimum atomic E-state index is -3.49. The van der Waals surface area contributed by atoms with Gasteiger partial charge in [0.25, 0.3) is 0 Å². The van der Waals surface area contributed by atoms with Crippen LogP contribution in [0.25, 0.3) is 11.3 Å². The summed E-state index contributed by atoms with van der Waals surface area (Å²) in [6.07, 6.45) is 0. The number of benzene rings is 4. The van der Waals surface area contributed by atoms with Crippen molar-refractivity contribution in [1.82, 2.24) is 0 Å². The first-order chi connectivity index (χ1) is 16.9. The molecule has 4 aromatic carbocycles. The van der Waals surface area contributed by atoms with E-state index in [4.69, 9.17) is 14.0 Å². The molecule has 0 spiro atoms. The molecule has 1 atom stereocenters. The van der Waals surface area contributed by atoms with Gasteiger partial charge in [-0.2, -0.15) is 0 Å². The average molecular weight is 483 g/mol. The smallest absolute Gasteiger partial charge is 0.307 e. The maximum absolute atomic E-state index is 14.8. The van der Waals surface area contributed by atoms with E-state index in [1.54, 1.807) is 14.2 Å². The molecular formula is C30H27O4P. The Morgan fingerprint density at radius 1 is 0.657 bits per heavy atom. The summed E-state index contributed by atoms with van der Waals surface area (Å²) >= 11 is 0. The molecule has 0 N–H and O–H groups in total. The zero-order chi connectivity index (χ0) is 24.6. The van der Waals surface area contributed by atoms with Gasteiger partial charge in [0.15, 0.2) is 0 Å². The Labute approximate surface area is 206 Å². The van der Waals surface area contributed by atoms with E-state index in [0.717, 1.165) is 33.4 Å². The van der Waals surface area contributed by atoms with Crippen LogP contribution in [0.4, 0.5) is 0 Å². The Bertz CT molecular complexity index is 1450. The second-order valence-corrected chi connectivity index (χ2v) is 10.9. The predicted octanol–water partition coefficient (Wildman–Crippen LogP) is 6.50. The molecule has 0 fully saturated rings. The summed E-state index contributed by atoms with van der Waals surface area (Å²) in [6, 6.07) is 29.3. The van der Waals surface area contributed by atoms with Crippen molar-refractivity contribution in [2.75, 3.05) is 14.2 Å². The summed E-state index contributed by atoms with van der Waals surface area (Å²) in [5.74, 6) is 1.98. The molecule has 0 amide bonds. The van der Waals surface area contributed by atoms with Crippen molar-refractivity contribution in [1.29, 1.82) is 0 Å². The highest BCUT2D eigenvalue weighted by atomic mass is 31.2. The lowest BCUT2D eigenvalue weighted by atomic mass is 9.93. The summed E-state index contributed by atoms with van der Waals surface area (Å²) in [6.45, 7) is 4.11. The minimum absolute atomic E-state index is 0.591. The topological polar surface area (TPSA) is 44.8 Å². The average Bonchev–Trinajstić information content (AvgIpc) is 2.89. The van der Waals surface area contributed by atoms with Crippen molar-refractivity contribution in [2.24, 2.45) is 0 Å². The third-order valence-corrected chi connectivity index (χ3v) is 8.75. The quantitative estimate of drug-likeness (QED) is 0.305. The minimum Gasteiger partial charge on any atom is -0.497 e. The lowest BCUT2D eigenvalue weighted by molar-refractivity contribution is 0.414. The Kier molecular flexibility index (Phi) is 6.00. The lowest BCUT2D eigenvalue weighted by Crippen LogP contribution is -2.25. The third kappa shape index (κ3) is 4.15. The lowest BCUT2D eigenvalue weighted by Gasteiger charge is -2.32. The van der Waals surface area contributed by atoms with E-state index in [1.807, 2.05) is 73.7 Å². The number of aryl methyl sites for hydroxylation is 2. The Morgan fingerprint density at radius 3 is 1.77 bits per heavy atom. The molecule has 0 radical (unpaired) electrons. The molecule has 0 aromatic heterocycles. The van der Waals surface area contributed by atoms with Crippen LogP contribution in [0.5, 0.6) is 11.5 Å². The normalized spacial score (nSPS) is 16.9. The molecule has 5 rings (SSSR count). The Morgan fingerprint density at radius 2 is 1.20 bits per heavy atom. The fourth-order valence-corrected chi connectivity index (χ4v) is 6.57. The second kappa shape index (κ2) is 9.13. The summed E-state index contributed by atoms with van der Waals surface area (Å²) in [5.41, 5.74) is 5.90. The van der Waals surface area contributed by atoms with E-state index in [2.05, 4.69) is 31.2 Å². The van der Waals surface area contributed by atoms with Crippen LogP contribution in [0, 0.1) is 13.8 Å². The summed E-state index contributed by atoms with van der Waals surface area (Å²) in [4.78, 5) is 0. The number of hydrogen-bond acceptors (Lipinski definition) is 4. The highest BCUT2D eigenvalue weighted by Gasteiger charge is 2.40. The van der Waals surface area contributed by atoms with E-state index in [0.29, 0.717) is 27.9 Å². The van der Waals surface area contributed by atoms with Crippen molar-refractivity contribution in [3.05, 3.63) is 119 Å². The van der Waals surface area contributed by atoms with Gasteiger partial charge >= 0.3 is 7.37 Å². The van der Waals surface area contributed by atoms with E-state index in [9.17, 15) is 4.57 Å². The van der Waals surface area contributed by atoms with Gasteiger partial charge in [-0.15, -0.1) is 0 Å². The molecule has 0 saturated carbocycles. The summed E-state index contributed by atoms with van der Waals surface area (Å²) in [7, 11) is -0.234. The number of hydrogen-bond donors (Lipinski definition) is 0. The highest BCUT2D eigenvalue weighted by Crippen LogP contribution is 2.56. The SMILES string of the molecule is COc1ccc(P2(=O)OC(c3ccc(C)cc3)=C(c3ccc(C)cc3)c3cc(OC)ccc32)cc1. The Balaban J connectivity index is 1.83. The fourth-order valence-electron chi connectivity index (χ4n) is 4.32. The molecule has 35 heavy (non-hydrogen) atoms. The van der Waals surface area contributed by atoms with Gasteiger partial charge in [-0.3, -0.25) is 4.57 Å². The highest BCUT2D eigenvalue weighted by molar-refractivity contribution is 7.74. The van der Waals surface area contributed by atoms with Crippen LogP contribution in [-0.2, 0) is 9.09 Å². The molecule has 0 aliphatic carbocycles. The van der Waals surface area contributed by atoms with Crippen molar-refractivity contribution in [3.63, 3.8) is 0 Å². The van der Waals surface area contributed by atoms with Crippen molar-refractivity contribution >= 4 is 29.3 Å². The van der Waals surface area contributed by atoms with Crippen LogP contribution in [0.2, 0.25) is 0 Å². The van der Waals surface area contributed by atoms with Gasteiger partial charge in [-0.25, -0.2) is 0 Å². The van der Waals surface area contributed by atoms with Crippen LogP contribution < -0.4 is 20.1 Å². The molecule has 5 heteroatoms. The largest absolute Gasteiger partial charge is 0.497 e. The summed E-state index contributed by atoms with van der Waals surface area (Å²) in [5, 5.41) is 1.26.